The Labute approximate surface area is 97.1 Å². The monoisotopic (exact) mass is 232 g/mol. The molecule has 1 amide bonds. The molecule has 0 aromatic carbocycles. The zero-order valence-electron chi connectivity index (χ0n) is 9.50. The summed E-state index contributed by atoms with van der Waals surface area (Å²) in [6, 6.07) is 2.76. The molecule has 0 aliphatic carbocycles. The van der Waals surface area contributed by atoms with Crippen LogP contribution in [0.1, 0.15) is 21.6 Å². The Morgan fingerprint density at radius 1 is 1.35 bits per heavy atom. The number of nitrogens with zero attached hydrogens (tertiary/aromatic N) is 1. The molecule has 0 aliphatic rings. The first-order valence-electron chi connectivity index (χ1n) is 5.09. The highest BCUT2D eigenvalue weighted by atomic mass is 16.2. The molecule has 2 aromatic rings. The summed E-state index contributed by atoms with van der Waals surface area (Å²) in [5.74, 6) is 0.189. The predicted molar refractivity (Wildman–Crippen MR) is 63.1 cm³/mol. The highest BCUT2D eigenvalue weighted by Crippen LogP contribution is 2.14. The Hall–Kier alpha value is -2.37. The van der Waals surface area contributed by atoms with Crippen LogP contribution < -0.4 is 10.9 Å². The van der Waals surface area contributed by atoms with Gasteiger partial charge in [0.25, 0.3) is 5.91 Å². The van der Waals surface area contributed by atoms with Gasteiger partial charge in [-0.3, -0.25) is 14.7 Å². The molecular weight excluding hydrogens is 220 g/mol. The summed E-state index contributed by atoms with van der Waals surface area (Å²) >= 11 is 0. The lowest BCUT2D eigenvalue weighted by Gasteiger charge is -2.02. The lowest BCUT2D eigenvalue weighted by Crippen LogP contribution is -2.15. The summed E-state index contributed by atoms with van der Waals surface area (Å²) < 4.78 is 0. The van der Waals surface area contributed by atoms with Crippen molar-refractivity contribution >= 4 is 11.7 Å². The summed E-state index contributed by atoms with van der Waals surface area (Å²) in [5.41, 5.74) is 1.93. The van der Waals surface area contributed by atoms with Crippen LogP contribution in [0.4, 0.5) is 5.82 Å². The number of aromatic nitrogens is 3. The zero-order valence-corrected chi connectivity index (χ0v) is 9.50. The van der Waals surface area contributed by atoms with Crippen LogP contribution in [0.15, 0.2) is 23.1 Å². The average molecular weight is 232 g/mol. The number of amides is 1. The van der Waals surface area contributed by atoms with Crippen molar-refractivity contribution in [2.75, 3.05) is 5.32 Å². The minimum absolute atomic E-state index is 0.242. The van der Waals surface area contributed by atoms with Gasteiger partial charge in [0.1, 0.15) is 0 Å². The number of hydrogen-bond donors (Lipinski definition) is 3. The Morgan fingerprint density at radius 2 is 2.12 bits per heavy atom. The molecule has 2 rings (SSSR count). The summed E-state index contributed by atoms with van der Waals surface area (Å²) in [4.78, 5) is 25.1. The molecule has 17 heavy (non-hydrogen) atoms. The number of hydrogen-bond acceptors (Lipinski definition) is 3. The maximum atomic E-state index is 11.8. The number of nitrogens with one attached hydrogen (secondary N) is 3. The van der Waals surface area contributed by atoms with Crippen molar-refractivity contribution in [1.82, 2.24) is 15.2 Å². The molecule has 0 atom stereocenters. The highest BCUT2D eigenvalue weighted by molar-refractivity contribution is 6.03. The van der Waals surface area contributed by atoms with Gasteiger partial charge in [0.15, 0.2) is 5.82 Å². The van der Waals surface area contributed by atoms with Crippen LogP contribution in [-0.2, 0) is 0 Å². The molecule has 0 bridgehead atoms. The Balaban J connectivity index is 2.20. The first-order valence-corrected chi connectivity index (χ1v) is 5.09. The van der Waals surface area contributed by atoms with E-state index in [1.54, 1.807) is 0 Å². The minimum Gasteiger partial charge on any atom is -0.328 e. The van der Waals surface area contributed by atoms with Gasteiger partial charge in [-0.05, 0) is 19.9 Å². The molecule has 0 aliphatic heterocycles. The van der Waals surface area contributed by atoms with Gasteiger partial charge in [0.05, 0.1) is 5.56 Å². The molecule has 0 saturated heterocycles. The molecule has 0 spiro atoms. The van der Waals surface area contributed by atoms with Crippen LogP contribution in [0.5, 0.6) is 0 Å². The summed E-state index contributed by atoms with van der Waals surface area (Å²) in [6.45, 7) is 3.74. The van der Waals surface area contributed by atoms with E-state index in [2.05, 4.69) is 20.5 Å². The van der Waals surface area contributed by atoms with Crippen LogP contribution in [0, 0.1) is 13.8 Å². The molecule has 3 N–H and O–H groups in total. The maximum absolute atomic E-state index is 11.8. The number of rotatable bonds is 2. The second kappa shape index (κ2) is 4.25. The fraction of sp³-hybridized carbons (Fsp3) is 0.182. The van der Waals surface area contributed by atoms with E-state index in [-0.39, 0.29) is 11.5 Å². The first kappa shape index (κ1) is 11.1. The van der Waals surface area contributed by atoms with Gasteiger partial charge in [0, 0.05) is 23.5 Å². The van der Waals surface area contributed by atoms with Gasteiger partial charge in [0.2, 0.25) is 5.56 Å². The number of carbonyl (C=O) groups is 1. The number of carbonyl (C=O) groups excluding carboxylic acids is 1. The first-order chi connectivity index (χ1) is 8.08. The maximum Gasteiger partial charge on any atom is 0.258 e. The van der Waals surface area contributed by atoms with Gasteiger partial charge >= 0.3 is 0 Å². The fourth-order valence-electron chi connectivity index (χ4n) is 1.34. The lowest BCUT2D eigenvalue weighted by molar-refractivity contribution is 0.102. The topological polar surface area (TPSA) is 90.6 Å². The van der Waals surface area contributed by atoms with E-state index in [9.17, 15) is 9.59 Å². The Kier molecular flexibility index (Phi) is 2.78. The van der Waals surface area contributed by atoms with Gasteiger partial charge in [-0.2, -0.15) is 5.10 Å². The summed E-state index contributed by atoms with van der Waals surface area (Å²) in [7, 11) is 0. The second-order valence-electron chi connectivity index (χ2n) is 3.72. The van der Waals surface area contributed by atoms with E-state index in [4.69, 9.17) is 0 Å². The van der Waals surface area contributed by atoms with E-state index in [1.807, 2.05) is 13.8 Å². The third-order valence-corrected chi connectivity index (χ3v) is 2.53. The van der Waals surface area contributed by atoms with E-state index in [1.165, 1.54) is 18.3 Å². The molecule has 2 aromatic heterocycles. The van der Waals surface area contributed by atoms with E-state index >= 15 is 0 Å². The average Bonchev–Trinajstić information content (AvgIpc) is 2.62. The van der Waals surface area contributed by atoms with Crippen molar-refractivity contribution in [3.05, 3.63) is 45.5 Å². The number of anilines is 1. The number of aryl methyl sites for hydroxylation is 1. The molecule has 88 valence electrons. The molecule has 0 saturated carbocycles. The standard InChI is InChI=1S/C11H12N4O2/c1-6-7(2)14-15-10(6)13-11(17)8-3-4-9(16)12-5-8/h3-5H,1-2H3,(H,12,16)(H2,13,14,15,17). The fourth-order valence-corrected chi connectivity index (χ4v) is 1.34. The molecule has 0 radical (unpaired) electrons. The molecule has 0 fully saturated rings. The second-order valence-corrected chi connectivity index (χ2v) is 3.72. The van der Waals surface area contributed by atoms with Gasteiger partial charge < -0.3 is 10.3 Å². The third kappa shape index (κ3) is 2.25. The molecule has 0 unspecified atom stereocenters. The third-order valence-electron chi connectivity index (χ3n) is 2.53. The number of aromatic amines is 2. The van der Waals surface area contributed by atoms with Crippen molar-refractivity contribution in [1.29, 1.82) is 0 Å². The predicted octanol–water partition coefficient (Wildman–Crippen LogP) is 0.967. The zero-order chi connectivity index (χ0) is 12.4. The smallest absolute Gasteiger partial charge is 0.258 e. The van der Waals surface area contributed by atoms with Gasteiger partial charge in [-0.1, -0.05) is 0 Å². The van der Waals surface area contributed by atoms with E-state index in [0.717, 1.165) is 11.3 Å². The van der Waals surface area contributed by atoms with Crippen LogP contribution in [-0.4, -0.2) is 21.1 Å². The van der Waals surface area contributed by atoms with Crippen LogP contribution >= 0.6 is 0 Å². The quantitative estimate of drug-likeness (QED) is 0.720. The van der Waals surface area contributed by atoms with Crippen LogP contribution in [0.25, 0.3) is 0 Å². The largest absolute Gasteiger partial charge is 0.328 e. The number of H-pyrrole nitrogens is 2. The molecule has 6 heteroatoms. The van der Waals surface area contributed by atoms with Crippen LogP contribution in [0.2, 0.25) is 0 Å². The van der Waals surface area contributed by atoms with E-state index < -0.39 is 0 Å². The van der Waals surface area contributed by atoms with Crippen molar-refractivity contribution in [2.45, 2.75) is 13.8 Å². The van der Waals surface area contributed by atoms with Crippen LogP contribution in [0.3, 0.4) is 0 Å². The van der Waals surface area contributed by atoms with Gasteiger partial charge in [-0.15, -0.1) is 0 Å². The van der Waals surface area contributed by atoms with Crippen molar-refractivity contribution in [2.24, 2.45) is 0 Å². The molecular formula is C11H12N4O2. The Morgan fingerprint density at radius 3 is 2.65 bits per heavy atom. The molecule has 6 nitrogen and oxygen atoms in total. The Bertz CT molecular complexity index is 592. The SMILES string of the molecule is Cc1[nH]nc(NC(=O)c2ccc(=O)[nH]c2)c1C. The van der Waals surface area contributed by atoms with Crippen molar-refractivity contribution in [3.63, 3.8) is 0 Å². The summed E-state index contributed by atoms with van der Waals surface area (Å²) in [5, 5.41) is 9.41. The normalized spacial score (nSPS) is 10.2. The molecule has 2 heterocycles. The highest BCUT2D eigenvalue weighted by Gasteiger charge is 2.11. The number of pyridine rings is 1. The minimum atomic E-state index is -0.309. The van der Waals surface area contributed by atoms with Crippen molar-refractivity contribution < 1.29 is 4.79 Å². The van der Waals surface area contributed by atoms with Crippen molar-refractivity contribution in [3.8, 4) is 0 Å². The van der Waals surface area contributed by atoms with E-state index in [0.29, 0.717) is 11.4 Å². The summed E-state index contributed by atoms with van der Waals surface area (Å²) in [6.07, 6.45) is 1.37. The lowest BCUT2D eigenvalue weighted by atomic mass is 10.2. The van der Waals surface area contributed by atoms with Gasteiger partial charge in [-0.25, -0.2) is 0 Å².